The quantitative estimate of drug-likeness (QED) is 0.835. The summed E-state index contributed by atoms with van der Waals surface area (Å²) in [4.78, 5) is 14.8. The van der Waals surface area contributed by atoms with Gasteiger partial charge in [0.05, 0.1) is 11.4 Å². The molecule has 0 aliphatic heterocycles. The first kappa shape index (κ1) is 16.5. The third-order valence-corrected chi connectivity index (χ3v) is 3.81. The molecule has 1 aromatic heterocycles. The van der Waals surface area contributed by atoms with Gasteiger partial charge < -0.3 is 10.6 Å². The number of aryl methyl sites for hydroxylation is 2. The van der Waals surface area contributed by atoms with E-state index in [9.17, 15) is 4.79 Å². The van der Waals surface area contributed by atoms with Gasteiger partial charge in [-0.15, -0.1) is 0 Å². The minimum absolute atomic E-state index is 0.00718. The van der Waals surface area contributed by atoms with Gasteiger partial charge in [0.15, 0.2) is 0 Å². The average Bonchev–Trinajstić information content (AvgIpc) is 2.73. The number of amides is 1. The maximum Gasteiger partial charge on any atom is 0.274 e. The number of rotatable bonds is 7. The first-order valence-electron chi connectivity index (χ1n) is 7.61. The van der Waals surface area contributed by atoms with Crippen molar-refractivity contribution in [2.24, 2.45) is 0 Å². The lowest BCUT2D eigenvalue weighted by molar-refractivity contribution is 0.0673. The average molecular weight is 280 g/mol. The monoisotopic (exact) mass is 280 g/mol. The van der Waals surface area contributed by atoms with E-state index in [4.69, 9.17) is 5.73 Å². The molecule has 0 saturated heterocycles. The minimum Gasteiger partial charge on any atom is -0.395 e. The molecule has 5 nitrogen and oxygen atoms in total. The maximum absolute atomic E-state index is 12.9. The minimum atomic E-state index is 0.00718. The van der Waals surface area contributed by atoms with Crippen LogP contribution in [0.4, 0.5) is 5.69 Å². The fourth-order valence-electron chi connectivity index (χ4n) is 2.26. The van der Waals surface area contributed by atoms with Crippen LogP contribution in [-0.4, -0.2) is 33.2 Å². The second-order valence-corrected chi connectivity index (χ2v) is 5.27. The van der Waals surface area contributed by atoms with Crippen molar-refractivity contribution in [1.29, 1.82) is 0 Å². The Hall–Kier alpha value is -1.52. The Bertz CT molecular complexity index is 453. The smallest absolute Gasteiger partial charge is 0.274 e. The van der Waals surface area contributed by atoms with Crippen LogP contribution in [-0.2, 0) is 6.54 Å². The van der Waals surface area contributed by atoms with E-state index in [0.29, 0.717) is 17.9 Å². The summed E-state index contributed by atoms with van der Waals surface area (Å²) >= 11 is 0. The topological polar surface area (TPSA) is 64.2 Å². The molecule has 0 aliphatic rings. The molecule has 1 unspecified atom stereocenters. The maximum atomic E-state index is 12.9. The predicted octanol–water partition coefficient (Wildman–Crippen LogP) is 2.83. The number of nitrogen functional groups attached to an aromatic ring is 1. The number of carbonyl (C=O) groups excluding carboxylic acids is 1. The summed E-state index contributed by atoms with van der Waals surface area (Å²) in [6.45, 7) is 11.6. The summed E-state index contributed by atoms with van der Waals surface area (Å²) in [5.41, 5.74) is 7.85. The molecule has 114 valence electrons. The van der Waals surface area contributed by atoms with Gasteiger partial charge in [-0.25, -0.2) is 0 Å². The molecule has 0 radical (unpaired) electrons. The lowest BCUT2D eigenvalue weighted by Crippen LogP contribution is -2.40. The van der Waals surface area contributed by atoms with Crippen molar-refractivity contribution in [2.45, 2.75) is 66.5 Å². The van der Waals surface area contributed by atoms with E-state index < -0.39 is 0 Å². The van der Waals surface area contributed by atoms with E-state index in [0.717, 1.165) is 31.5 Å². The number of unbranched alkanes of at least 4 members (excludes halogenated alkanes) is 1. The van der Waals surface area contributed by atoms with Gasteiger partial charge >= 0.3 is 0 Å². The van der Waals surface area contributed by atoms with Crippen molar-refractivity contribution in [3.05, 3.63) is 11.4 Å². The molecule has 1 amide bonds. The van der Waals surface area contributed by atoms with Gasteiger partial charge in [0, 0.05) is 19.1 Å². The molecule has 0 aliphatic carbocycles. The van der Waals surface area contributed by atoms with E-state index in [1.165, 1.54) is 0 Å². The van der Waals surface area contributed by atoms with Crippen molar-refractivity contribution in [3.8, 4) is 0 Å². The van der Waals surface area contributed by atoms with Gasteiger partial charge in [0.1, 0.15) is 5.69 Å². The van der Waals surface area contributed by atoms with E-state index in [-0.39, 0.29) is 11.9 Å². The molecule has 1 heterocycles. The zero-order chi connectivity index (χ0) is 15.3. The highest BCUT2D eigenvalue weighted by Gasteiger charge is 2.26. The third-order valence-electron chi connectivity index (χ3n) is 3.81. The Balaban J connectivity index is 3.11. The summed E-state index contributed by atoms with van der Waals surface area (Å²) in [7, 11) is 0. The summed E-state index contributed by atoms with van der Waals surface area (Å²) in [6.07, 6.45) is 3.02. The van der Waals surface area contributed by atoms with Crippen LogP contribution in [0.1, 0.15) is 63.1 Å². The first-order chi connectivity index (χ1) is 9.47. The number of aromatic nitrogens is 2. The van der Waals surface area contributed by atoms with Gasteiger partial charge in [-0.05, 0) is 33.6 Å². The molecule has 20 heavy (non-hydrogen) atoms. The zero-order valence-corrected chi connectivity index (χ0v) is 13.4. The van der Waals surface area contributed by atoms with Crippen molar-refractivity contribution in [1.82, 2.24) is 14.7 Å². The number of nitrogens with zero attached hydrogens (tertiary/aromatic N) is 3. The molecule has 1 aromatic rings. The fraction of sp³-hybridized carbons (Fsp3) is 0.733. The standard InChI is InChI=1S/C15H28N4O/c1-6-9-10-18(11(4)7-2)15(20)14-13(16)12(5)17-19(14)8-3/h11H,6-10,16H2,1-5H3. The zero-order valence-electron chi connectivity index (χ0n) is 13.4. The summed E-state index contributed by atoms with van der Waals surface area (Å²) < 4.78 is 1.72. The number of nitrogens with two attached hydrogens (primary N) is 1. The second-order valence-electron chi connectivity index (χ2n) is 5.27. The van der Waals surface area contributed by atoms with Crippen LogP contribution in [0.2, 0.25) is 0 Å². The largest absolute Gasteiger partial charge is 0.395 e. The molecule has 0 bridgehead atoms. The normalized spacial score (nSPS) is 12.4. The second kappa shape index (κ2) is 7.31. The van der Waals surface area contributed by atoms with Crippen LogP contribution in [0.3, 0.4) is 0 Å². The third kappa shape index (κ3) is 3.32. The summed E-state index contributed by atoms with van der Waals surface area (Å²) in [6, 6.07) is 0.217. The van der Waals surface area contributed by atoms with Crippen molar-refractivity contribution < 1.29 is 4.79 Å². The van der Waals surface area contributed by atoms with Crippen LogP contribution in [0.25, 0.3) is 0 Å². The van der Waals surface area contributed by atoms with E-state index in [2.05, 4.69) is 25.9 Å². The Morgan fingerprint density at radius 2 is 2.05 bits per heavy atom. The number of carbonyl (C=O) groups is 1. The molecule has 1 atom stereocenters. The van der Waals surface area contributed by atoms with Gasteiger partial charge in [-0.2, -0.15) is 5.10 Å². The Morgan fingerprint density at radius 1 is 1.40 bits per heavy atom. The van der Waals surface area contributed by atoms with Gasteiger partial charge in [-0.1, -0.05) is 20.3 Å². The van der Waals surface area contributed by atoms with Crippen molar-refractivity contribution in [3.63, 3.8) is 0 Å². The number of anilines is 1. The lowest BCUT2D eigenvalue weighted by Gasteiger charge is -2.29. The molecular weight excluding hydrogens is 252 g/mol. The molecule has 0 fully saturated rings. The Kier molecular flexibility index (Phi) is 6.05. The van der Waals surface area contributed by atoms with Crippen LogP contribution in [0, 0.1) is 6.92 Å². The lowest BCUT2D eigenvalue weighted by atomic mass is 10.1. The Morgan fingerprint density at radius 3 is 2.55 bits per heavy atom. The van der Waals surface area contributed by atoms with Crippen LogP contribution in [0.15, 0.2) is 0 Å². The molecule has 1 rings (SSSR count). The highest BCUT2D eigenvalue weighted by atomic mass is 16.2. The highest BCUT2D eigenvalue weighted by molar-refractivity contribution is 5.98. The van der Waals surface area contributed by atoms with Gasteiger partial charge in [0.25, 0.3) is 5.91 Å². The predicted molar refractivity (Wildman–Crippen MR) is 82.7 cm³/mol. The van der Waals surface area contributed by atoms with Crippen LogP contribution >= 0.6 is 0 Å². The van der Waals surface area contributed by atoms with Crippen LogP contribution in [0.5, 0.6) is 0 Å². The van der Waals surface area contributed by atoms with E-state index in [1.54, 1.807) is 4.68 Å². The van der Waals surface area contributed by atoms with Gasteiger partial charge in [-0.3, -0.25) is 9.48 Å². The van der Waals surface area contributed by atoms with E-state index in [1.807, 2.05) is 18.7 Å². The molecule has 2 N–H and O–H groups in total. The molecule has 0 aromatic carbocycles. The van der Waals surface area contributed by atoms with E-state index >= 15 is 0 Å². The number of hydrogen-bond acceptors (Lipinski definition) is 3. The van der Waals surface area contributed by atoms with Crippen molar-refractivity contribution in [2.75, 3.05) is 12.3 Å². The van der Waals surface area contributed by atoms with Gasteiger partial charge in [0.2, 0.25) is 0 Å². The fourth-order valence-corrected chi connectivity index (χ4v) is 2.26. The molecule has 5 heteroatoms. The SMILES string of the molecule is CCCCN(C(=O)c1c(N)c(C)nn1CC)C(C)CC. The molecular formula is C15H28N4O. The summed E-state index contributed by atoms with van der Waals surface area (Å²) in [5, 5.41) is 4.34. The Labute approximate surface area is 122 Å². The molecule has 0 spiro atoms. The number of hydrogen-bond donors (Lipinski definition) is 1. The summed E-state index contributed by atoms with van der Waals surface area (Å²) in [5.74, 6) is 0.00718. The van der Waals surface area contributed by atoms with Crippen LogP contribution < -0.4 is 5.73 Å². The molecule has 0 saturated carbocycles. The highest BCUT2D eigenvalue weighted by Crippen LogP contribution is 2.20. The first-order valence-corrected chi connectivity index (χ1v) is 7.61. The van der Waals surface area contributed by atoms with Crippen molar-refractivity contribution >= 4 is 11.6 Å².